The Morgan fingerprint density at radius 1 is 1.11 bits per heavy atom. The lowest BCUT2D eigenvalue weighted by atomic mass is 10.1. The minimum absolute atomic E-state index is 0.0251. The number of piperazine rings is 1. The van der Waals surface area contributed by atoms with Gasteiger partial charge in [-0.3, -0.25) is 14.8 Å². The Morgan fingerprint density at radius 3 is 2.74 bits per heavy atom. The number of aromatic nitrogens is 4. The predicted octanol–water partition coefficient (Wildman–Crippen LogP) is 1.67. The van der Waals surface area contributed by atoms with Crippen LogP contribution in [0.2, 0.25) is 0 Å². The highest BCUT2D eigenvalue weighted by atomic mass is 32.1. The molecule has 0 atom stereocenters. The summed E-state index contributed by atoms with van der Waals surface area (Å²) in [5.74, 6) is 1.71. The van der Waals surface area contributed by atoms with Crippen LogP contribution >= 0.6 is 11.3 Å². The topological polar surface area (TPSA) is 116 Å². The van der Waals surface area contributed by atoms with Crippen LogP contribution in [0.5, 0.6) is 0 Å². The number of carbonyl (C=O) groups is 1. The van der Waals surface area contributed by atoms with E-state index in [2.05, 4.69) is 32.1 Å². The number of carbonyl (C=O) groups excluding carboxylic acids is 1. The summed E-state index contributed by atoms with van der Waals surface area (Å²) in [7, 11) is 0. The smallest absolute Gasteiger partial charge is 0.236 e. The molecule has 1 aromatic carbocycles. The monoisotopic (exact) mass is 492 g/mol. The van der Waals surface area contributed by atoms with E-state index >= 15 is 0 Å². The first-order valence-corrected chi connectivity index (χ1v) is 12.8. The second-order valence-electron chi connectivity index (χ2n) is 8.90. The molecular weight excluding hydrogens is 464 g/mol. The number of morpholine rings is 1. The summed E-state index contributed by atoms with van der Waals surface area (Å²) in [6.45, 7) is 7.06. The van der Waals surface area contributed by atoms with E-state index in [1.54, 1.807) is 11.3 Å². The minimum Gasteiger partial charge on any atom is -0.378 e. The van der Waals surface area contributed by atoms with Crippen molar-refractivity contribution in [2.24, 2.45) is 5.73 Å². The fourth-order valence-corrected chi connectivity index (χ4v) is 5.98. The maximum absolute atomic E-state index is 11.9. The average Bonchev–Trinajstić information content (AvgIpc) is 3.55. The molecule has 2 saturated heterocycles. The largest absolute Gasteiger partial charge is 0.378 e. The van der Waals surface area contributed by atoms with Gasteiger partial charge in [0.15, 0.2) is 11.6 Å². The molecule has 0 aliphatic carbocycles. The molecule has 0 saturated carbocycles. The third kappa shape index (κ3) is 4.36. The van der Waals surface area contributed by atoms with Gasteiger partial charge in [-0.1, -0.05) is 12.1 Å². The molecule has 0 radical (unpaired) electrons. The molecule has 1 amide bonds. The van der Waals surface area contributed by atoms with Crippen molar-refractivity contribution < 1.29 is 9.53 Å². The van der Waals surface area contributed by atoms with Gasteiger partial charge in [-0.25, -0.2) is 9.97 Å². The van der Waals surface area contributed by atoms with Gasteiger partial charge in [-0.05, 0) is 12.1 Å². The number of hydrogen-bond donors (Lipinski definition) is 2. The predicted molar refractivity (Wildman–Crippen MR) is 136 cm³/mol. The van der Waals surface area contributed by atoms with Crippen LogP contribution in [0.15, 0.2) is 30.5 Å². The second kappa shape index (κ2) is 9.50. The SMILES string of the molecule is NCC(=O)N1CCN(Cc2cc3nc(-c4cccc5[nH]ncc45)nc(N4CCOCC4)c3s2)CC1. The van der Waals surface area contributed by atoms with Crippen molar-refractivity contribution in [3.63, 3.8) is 0 Å². The van der Waals surface area contributed by atoms with Crippen LogP contribution < -0.4 is 10.6 Å². The number of aromatic amines is 1. The molecule has 10 nitrogen and oxygen atoms in total. The van der Waals surface area contributed by atoms with E-state index < -0.39 is 0 Å². The molecule has 2 aliphatic rings. The molecular formula is C24H28N8O2S. The van der Waals surface area contributed by atoms with Crippen LogP contribution in [-0.2, 0) is 16.1 Å². The third-order valence-corrected chi connectivity index (χ3v) is 7.83. The second-order valence-corrected chi connectivity index (χ2v) is 10.0. The Kier molecular flexibility index (Phi) is 6.06. The van der Waals surface area contributed by atoms with Gasteiger partial charge in [0, 0.05) is 61.6 Å². The van der Waals surface area contributed by atoms with Gasteiger partial charge in [0.1, 0.15) is 0 Å². The van der Waals surface area contributed by atoms with Crippen molar-refractivity contribution in [1.29, 1.82) is 0 Å². The summed E-state index contributed by atoms with van der Waals surface area (Å²) >= 11 is 1.76. The van der Waals surface area contributed by atoms with Crippen molar-refractivity contribution in [3.05, 3.63) is 35.3 Å². The van der Waals surface area contributed by atoms with E-state index in [-0.39, 0.29) is 12.5 Å². The Hall–Kier alpha value is -3.12. The molecule has 3 N–H and O–H groups in total. The highest BCUT2D eigenvalue weighted by molar-refractivity contribution is 7.19. The fourth-order valence-electron chi connectivity index (χ4n) is 4.82. The van der Waals surface area contributed by atoms with Gasteiger partial charge < -0.3 is 20.3 Å². The average molecular weight is 493 g/mol. The first-order valence-electron chi connectivity index (χ1n) is 12.0. The molecule has 0 bridgehead atoms. The normalized spacial score (nSPS) is 17.5. The van der Waals surface area contributed by atoms with Gasteiger partial charge in [0.05, 0.1) is 41.7 Å². The number of nitrogens with zero attached hydrogens (tertiary/aromatic N) is 6. The summed E-state index contributed by atoms with van der Waals surface area (Å²) in [6, 6.07) is 8.27. The maximum Gasteiger partial charge on any atom is 0.236 e. The first-order chi connectivity index (χ1) is 17.2. The molecule has 35 heavy (non-hydrogen) atoms. The summed E-state index contributed by atoms with van der Waals surface area (Å²) in [4.78, 5) is 29.8. The van der Waals surface area contributed by atoms with E-state index in [1.807, 2.05) is 23.2 Å². The van der Waals surface area contributed by atoms with E-state index in [0.717, 1.165) is 78.3 Å². The molecule has 182 valence electrons. The Morgan fingerprint density at radius 2 is 1.94 bits per heavy atom. The molecule has 11 heteroatoms. The zero-order valence-corrected chi connectivity index (χ0v) is 20.3. The number of benzene rings is 1. The van der Waals surface area contributed by atoms with E-state index in [9.17, 15) is 4.79 Å². The summed E-state index contributed by atoms with van der Waals surface area (Å²) in [5, 5.41) is 8.27. The Labute approximate surface area is 206 Å². The number of thiophene rings is 1. The molecule has 5 heterocycles. The third-order valence-electron chi connectivity index (χ3n) is 6.72. The number of nitrogens with two attached hydrogens (primary N) is 1. The number of fused-ring (bicyclic) bond motifs is 2. The number of amides is 1. The van der Waals surface area contributed by atoms with E-state index in [1.165, 1.54) is 4.88 Å². The number of rotatable bonds is 5. The van der Waals surface area contributed by atoms with Crippen LogP contribution in [0.4, 0.5) is 5.82 Å². The van der Waals surface area contributed by atoms with Crippen molar-refractivity contribution in [2.45, 2.75) is 6.54 Å². The lowest BCUT2D eigenvalue weighted by Gasteiger charge is -2.34. The molecule has 2 fully saturated rings. The number of anilines is 1. The van der Waals surface area contributed by atoms with Crippen molar-refractivity contribution in [1.82, 2.24) is 30.0 Å². The lowest BCUT2D eigenvalue weighted by molar-refractivity contribution is -0.131. The van der Waals surface area contributed by atoms with E-state index in [0.29, 0.717) is 19.0 Å². The van der Waals surface area contributed by atoms with E-state index in [4.69, 9.17) is 20.4 Å². The van der Waals surface area contributed by atoms with Gasteiger partial charge in [0.2, 0.25) is 5.91 Å². The van der Waals surface area contributed by atoms with Crippen molar-refractivity contribution in [3.8, 4) is 11.4 Å². The highest BCUT2D eigenvalue weighted by Crippen LogP contribution is 2.36. The first kappa shape index (κ1) is 22.4. The van der Waals surface area contributed by atoms with Gasteiger partial charge >= 0.3 is 0 Å². The molecule has 0 unspecified atom stereocenters. The lowest BCUT2D eigenvalue weighted by Crippen LogP contribution is -2.49. The Balaban J connectivity index is 1.34. The Bertz CT molecular complexity index is 1350. The van der Waals surface area contributed by atoms with Gasteiger partial charge in [-0.15, -0.1) is 11.3 Å². The quantitative estimate of drug-likeness (QED) is 0.432. The van der Waals surface area contributed by atoms with Crippen molar-refractivity contribution >= 4 is 44.2 Å². The number of hydrogen-bond acceptors (Lipinski definition) is 9. The van der Waals surface area contributed by atoms with Gasteiger partial charge in [0.25, 0.3) is 0 Å². The van der Waals surface area contributed by atoms with Crippen LogP contribution in [0.1, 0.15) is 4.88 Å². The molecule has 6 rings (SSSR count). The maximum atomic E-state index is 11.9. The molecule has 0 spiro atoms. The number of ether oxygens (including phenoxy) is 1. The van der Waals surface area contributed by atoms with Crippen LogP contribution in [-0.4, -0.2) is 94.9 Å². The molecule has 2 aliphatic heterocycles. The summed E-state index contributed by atoms with van der Waals surface area (Å²) in [5.41, 5.74) is 8.44. The van der Waals surface area contributed by atoms with Gasteiger partial charge in [-0.2, -0.15) is 5.10 Å². The zero-order chi connectivity index (χ0) is 23.8. The van der Waals surface area contributed by atoms with Crippen LogP contribution in [0.25, 0.3) is 32.5 Å². The molecule has 3 aromatic heterocycles. The molecule has 4 aromatic rings. The number of nitrogens with one attached hydrogen (secondary N) is 1. The van der Waals surface area contributed by atoms with Crippen LogP contribution in [0.3, 0.4) is 0 Å². The van der Waals surface area contributed by atoms with Crippen molar-refractivity contribution in [2.75, 3.05) is 63.9 Å². The number of H-pyrrole nitrogens is 1. The summed E-state index contributed by atoms with van der Waals surface area (Å²) in [6.07, 6.45) is 1.83. The fraction of sp³-hybridized carbons (Fsp3) is 0.417. The highest BCUT2D eigenvalue weighted by Gasteiger charge is 2.23. The minimum atomic E-state index is 0.0251. The standard InChI is InChI=1S/C24H28N8O2S/c25-13-21(33)31-6-4-30(5-7-31)15-16-12-20-22(35-16)24(32-8-10-34-11-9-32)28-23(27-20)17-2-1-3-19-18(17)14-26-29-19/h1-3,12,14H,4-11,13,15,25H2,(H,26,29). The van der Waals surface area contributed by atoms with Crippen LogP contribution in [0, 0.1) is 0 Å². The zero-order valence-electron chi connectivity index (χ0n) is 19.4. The summed E-state index contributed by atoms with van der Waals surface area (Å²) < 4.78 is 6.71.